The van der Waals surface area contributed by atoms with Crippen LogP contribution in [0.4, 0.5) is 0 Å². The van der Waals surface area contributed by atoms with E-state index in [-0.39, 0.29) is 0 Å². The maximum atomic E-state index is 10.5. The Morgan fingerprint density at radius 2 is 1.94 bits per heavy atom. The molecule has 84 valence electrons. The molecule has 16 heavy (non-hydrogen) atoms. The molecular weight excluding hydrogens is 216 g/mol. The Labute approximate surface area is 100 Å². The standard InChI is InChI=1S/C14H16OS/c1-11-8-13(10-16-11)14(2,15)9-12-6-4-3-5-7-12/h3-8,10,15H,9H2,1-2H3. The van der Waals surface area contributed by atoms with E-state index in [9.17, 15) is 5.11 Å². The summed E-state index contributed by atoms with van der Waals surface area (Å²) in [7, 11) is 0. The highest BCUT2D eigenvalue weighted by Gasteiger charge is 2.24. The quantitative estimate of drug-likeness (QED) is 0.858. The molecule has 1 heterocycles. The second kappa shape index (κ2) is 4.40. The first-order valence-corrected chi connectivity index (χ1v) is 6.28. The number of rotatable bonds is 3. The minimum atomic E-state index is -0.772. The van der Waals surface area contributed by atoms with E-state index < -0.39 is 5.60 Å². The van der Waals surface area contributed by atoms with Crippen LogP contribution in [0.2, 0.25) is 0 Å². The summed E-state index contributed by atoms with van der Waals surface area (Å²) in [6, 6.07) is 12.2. The van der Waals surface area contributed by atoms with Gasteiger partial charge in [-0.15, -0.1) is 11.3 Å². The molecule has 0 bridgehead atoms. The minimum Gasteiger partial charge on any atom is -0.385 e. The van der Waals surface area contributed by atoms with Crippen LogP contribution >= 0.6 is 11.3 Å². The first-order chi connectivity index (χ1) is 7.58. The van der Waals surface area contributed by atoms with Crippen LogP contribution in [0, 0.1) is 6.92 Å². The summed E-state index contributed by atoms with van der Waals surface area (Å²) < 4.78 is 0. The summed E-state index contributed by atoms with van der Waals surface area (Å²) in [5.41, 5.74) is 1.40. The second-order valence-electron chi connectivity index (χ2n) is 4.38. The van der Waals surface area contributed by atoms with Crippen molar-refractivity contribution in [3.8, 4) is 0 Å². The first kappa shape index (κ1) is 11.4. The molecule has 2 rings (SSSR count). The van der Waals surface area contributed by atoms with Crippen LogP contribution in [0.1, 0.15) is 22.9 Å². The molecule has 1 N–H and O–H groups in total. The zero-order valence-electron chi connectivity index (χ0n) is 9.60. The maximum Gasteiger partial charge on any atom is 0.0916 e. The fourth-order valence-electron chi connectivity index (χ4n) is 1.82. The summed E-state index contributed by atoms with van der Waals surface area (Å²) in [5.74, 6) is 0. The van der Waals surface area contributed by atoms with Gasteiger partial charge in [-0.25, -0.2) is 0 Å². The Kier molecular flexibility index (Phi) is 3.13. The van der Waals surface area contributed by atoms with Crippen molar-refractivity contribution in [2.24, 2.45) is 0 Å². The van der Waals surface area contributed by atoms with Crippen molar-refractivity contribution in [3.05, 3.63) is 57.8 Å². The van der Waals surface area contributed by atoms with Crippen molar-refractivity contribution >= 4 is 11.3 Å². The lowest BCUT2D eigenvalue weighted by molar-refractivity contribution is 0.0580. The van der Waals surface area contributed by atoms with Crippen LogP contribution in [-0.2, 0) is 12.0 Å². The van der Waals surface area contributed by atoms with Gasteiger partial charge in [-0.05, 0) is 36.4 Å². The number of aliphatic hydroxyl groups is 1. The van der Waals surface area contributed by atoms with Gasteiger partial charge in [0, 0.05) is 11.3 Å². The van der Waals surface area contributed by atoms with Crippen LogP contribution in [0.5, 0.6) is 0 Å². The number of hydrogen-bond donors (Lipinski definition) is 1. The molecule has 0 radical (unpaired) electrons. The van der Waals surface area contributed by atoms with Crippen molar-refractivity contribution in [1.82, 2.24) is 0 Å². The summed E-state index contributed by atoms with van der Waals surface area (Å²) >= 11 is 1.68. The highest BCUT2D eigenvalue weighted by molar-refractivity contribution is 7.10. The third-order valence-electron chi connectivity index (χ3n) is 2.74. The Morgan fingerprint density at radius 3 is 2.50 bits per heavy atom. The lowest BCUT2D eigenvalue weighted by atomic mass is 9.91. The number of benzene rings is 1. The van der Waals surface area contributed by atoms with Gasteiger partial charge in [0.15, 0.2) is 0 Å². The third-order valence-corrected chi connectivity index (χ3v) is 3.61. The number of hydrogen-bond acceptors (Lipinski definition) is 2. The smallest absolute Gasteiger partial charge is 0.0916 e. The van der Waals surface area contributed by atoms with Crippen molar-refractivity contribution < 1.29 is 5.11 Å². The Balaban J connectivity index is 2.20. The molecule has 1 atom stereocenters. The molecule has 0 fully saturated rings. The molecule has 1 unspecified atom stereocenters. The molecule has 1 aromatic carbocycles. The first-order valence-electron chi connectivity index (χ1n) is 5.40. The van der Waals surface area contributed by atoms with Gasteiger partial charge in [-0.1, -0.05) is 30.3 Å². The van der Waals surface area contributed by atoms with Crippen LogP contribution in [0.15, 0.2) is 41.8 Å². The largest absolute Gasteiger partial charge is 0.385 e. The molecule has 0 saturated heterocycles. The molecule has 2 aromatic rings. The van der Waals surface area contributed by atoms with Gasteiger partial charge >= 0.3 is 0 Å². The normalized spacial score (nSPS) is 14.7. The molecule has 0 spiro atoms. The topological polar surface area (TPSA) is 20.2 Å². The Hall–Kier alpha value is -1.12. The van der Waals surface area contributed by atoms with Crippen LogP contribution in [0.3, 0.4) is 0 Å². The van der Waals surface area contributed by atoms with Crippen LogP contribution in [-0.4, -0.2) is 5.11 Å². The average Bonchev–Trinajstić information content (AvgIpc) is 2.66. The van der Waals surface area contributed by atoms with Gasteiger partial charge < -0.3 is 5.11 Å². The third kappa shape index (κ3) is 2.52. The van der Waals surface area contributed by atoms with E-state index in [4.69, 9.17) is 0 Å². The molecule has 2 heteroatoms. The van der Waals surface area contributed by atoms with Gasteiger partial charge in [0.05, 0.1) is 5.60 Å². The lowest BCUT2D eigenvalue weighted by Gasteiger charge is -2.22. The molecule has 0 aliphatic carbocycles. The van der Waals surface area contributed by atoms with E-state index in [0.29, 0.717) is 6.42 Å². The summed E-state index contributed by atoms with van der Waals surface area (Å²) in [4.78, 5) is 1.24. The fraction of sp³-hybridized carbons (Fsp3) is 0.286. The Bertz CT molecular complexity index is 457. The predicted octanol–water partition coefficient (Wildman–Crippen LogP) is 3.51. The van der Waals surface area contributed by atoms with Gasteiger partial charge in [0.1, 0.15) is 0 Å². The lowest BCUT2D eigenvalue weighted by Crippen LogP contribution is -2.23. The Morgan fingerprint density at radius 1 is 1.25 bits per heavy atom. The van der Waals surface area contributed by atoms with Crippen molar-refractivity contribution in [2.45, 2.75) is 25.9 Å². The van der Waals surface area contributed by atoms with Crippen molar-refractivity contribution in [3.63, 3.8) is 0 Å². The molecule has 0 amide bonds. The highest BCUT2D eigenvalue weighted by atomic mass is 32.1. The van der Waals surface area contributed by atoms with Crippen LogP contribution < -0.4 is 0 Å². The van der Waals surface area contributed by atoms with E-state index in [1.54, 1.807) is 11.3 Å². The van der Waals surface area contributed by atoms with Crippen LogP contribution in [0.25, 0.3) is 0 Å². The monoisotopic (exact) mass is 232 g/mol. The zero-order valence-corrected chi connectivity index (χ0v) is 10.4. The second-order valence-corrected chi connectivity index (χ2v) is 5.50. The fourth-order valence-corrected chi connectivity index (χ4v) is 2.65. The van der Waals surface area contributed by atoms with Gasteiger partial charge in [0.25, 0.3) is 0 Å². The average molecular weight is 232 g/mol. The molecule has 1 nitrogen and oxygen atoms in total. The van der Waals surface area contributed by atoms with E-state index in [2.05, 4.69) is 13.0 Å². The van der Waals surface area contributed by atoms with Gasteiger partial charge in [-0.2, -0.15) is 0 Å². The molecule has 0 saturated carbocycles. The molecule has 1 aromatic heterocycles. The van der Waals surface area contributed by atoms with E-state index in [1.165, 1.54) is 4.88 Å². The number of aryl methyl sites for hydroxylation is 1. The summed E-state index contributed by atoms with van der Waals surface area (Å²) in [6.07, 6.45) is 0.657. The highest BCUT2D eigenvalue weighted by Crippen LogP contribution is 2.28. The minimum absolute atomic E-state index is 0.657. The number of thiophene rings is 1. The predicted molar refractivity (Wildman–Crippen MR) is 68.8 cm³/mol. The SMILES string of the molecule is Cc1cc(C(C)(O)Cc2ccccc2)cs1. The van der Waals surface area contributed by atoms with Crippen molar-refractivity contribution in [2.75, 3.05) is 0 Å². The van der Waals surface area contributed by atoms with E-state index in [0.717, 1.165) is 11.1 Å². The summed E-state index contributed by atoms with van der Waals surface area (Å²) in [5, 5.41) is 12.5. The van der Waals surface area contributed by atoms with Crippen molar-refractivity contribution in [1.29, 1.82) is 0 Å². The van der Waals surface area contributed by atoms with Gasteiger partial charge in [0.2, 0.25) is 0 Å². The zero-order chi connectivity index (χ0) is 11.6. The summed E-state index contributed by atoms with van der Waals surface area (Å²) in [6.45, 7) is 3.94. The van der Waals surface area contributed by atoms with Gasteiger partial charge in [-0.3, -0.25) is 0 Å². The maximum absolute atomic E-state index is 10.5. The molecular formula is C14H16OS. The van der Waals surface area contributed by atoms with E-state index >= 15 is 0 Å². The van der Waals surface area contributed by atoms with E-state index in [1.807, 2.05) is 42.6 Å². The molecule has 0 aliphatic heterocycles. The molecule has 0 aliphatic rings.